The third kappa shape index (κ3) is 3.47. The molecule has 0 saturated heterocycles. The monoisotopic (exact) mass is 251 g/mol. The van der Waals surface area contributed by atoms with Crippen molar-refractivity contribution in [3.8, 4) is 5.75 Å². The lowest BCUT2D eigenvalue weighted by Crippen LogP contribution is -2.31. The molecular formula is C14H21NO3. The van der Waals surface area contributed by atoms with Crippen LogP contribution in [0.25, 0.3) is 0 Å². The minimum Gasteiger partial charge on any atom is -0.496 e. The van der Waals surface area contributed by atoms with Crippen molar-refractivity contribution in [1.29, 1.82) is 0 Å². The number of esters is 1. The summed E-state index contributed by atoms with van der Waals surface area (Å²) in [5.74, 6) is 0.466. The van der Waals surface area contributed by atoms with Gasteiger partial charge in [-0.2, -0.15) is 0 Å². The zero-order chi connectivity index (χ0) is 13.7. The maximum atomic E-state index is 11.2. The van der Waals surface area contributed by atoms with Gasteiger partial charge in [-0.3, -0.25) is 4.79 Å². The fourth-order valence-electron chi connectivity index (χ4n) is 1.82. The highest BCUT2D eigenvalue weighted by atomic mass is 16.5. The van der Waals surface area contributed by atoms with Crippen LogP contribution in [0, 0.1) is 13.8 Å². The van der Waals surface area contributed by atoms with Gasteiger partial charge in [-0.1, -0.05) is 6.07 Å². The summed E-state index contributed by atoms with van der Waals surface area (Å²) in [5, 5.41) is 0. The standard InChI is InChI=1S/C14H21NO3/c1-9-7-11(13(17-3)8-10(9)2)5-6-12(15)14(16)18-4/h7-8,12H,5-6,15H2,1-4H3. The highest BCUT2D eigenvalue weighted by molar-refractivity contribution is 5.75. The van der Waals surface area contributed by atoms with Crippen LogP contribution in [0.4, 0.5) is 0 Å². The third-order valence-electron chi connectivity index (χ3n) is 3.13. The first-order chi connectivity index (χ1) is 8.49. The van der Waals surface area contributed by atoms with E-state index in [1.54, 1.807) is 7.11 Å². The van der Waals surface area contributed by atoms with Crippen LogP contribution in [0.1, 0.15) is 23.1 Å². The molecular weight excluding hydrogens is 230 g/mol. The minimum atomic E-state index is -0.582. The van der Waals surface area contributed by atoms with Crippen molar-refractivity contribution < 1.29 is 14.3 Å². The minimum absolute atomic E-state index is 0.377. The van der Waals surface area contributed by atoms with E-state index in [1.807, 2.05) is 13.0 Å². The van der Waals surface area contributed by atoms with Crippen LogP contribution in [0.5, 0.6) is 5.75 Å². The summed E-state index contributed by atoms with van der Waals surface area (Å²) in [6, 6.07) is 3.51. The van der Waals surface area contributed by atoms with Crippen LogP contribution in [0.2, 0.25) is 0 Å². The van der Waals surface area contributed by atoms with Gasteiger partial charge in [0.25, 0.3) is 0 Å². The lowest BCUT2D eigenvalue weighted by Gasteiger charge is -2.13. The van der Waals surface area contributed by atoms with Gasteiger partial charge in [0.15, 0.2) is 0 Å². The van der Waals surface area contributed by atoms with Crippen molar-refractivity contribution in [1.82, 2.24) is 0 Å². The topological polar surface area (TPSA) is 61.5 Å². The Morgan fingerprint density at radius 1 is 1.28 bits per heavy atom. The Balaban J connectivity index is 2.78. The molecule has 0 saturated carbocycles. The summed E-state index contributed by atoms with van der Waals surface area (Å²) >= 11 is 0. The molecule has 100 valence electrons. The first-order valence-corrected chi connectivity index (χ1v) is 5.97. The maximum Gasteiger partial charge on any atom is 0.322 e. The molecule has 0 radical (unpaired) electrons. The van der Waals surface area contributed by atoms with Gasteiger partial charge in [-0.25, -0.2) is 0 Å². The fourth-order valence-corrected chi connectivity index (χ4v) is 1.82. The molecule has 1 aromatic carbocycles. The third-order valence-corrected chi connectivity index (χ3v) is 3.13. The SMILES string of the molecule is COC(=O)C(N)CCc1cc(C)c(C)cc1OC. The van der Waals surface area contributed by atoms with Crippen LogP contribution in [-0.2, 0) is 16.0 Å². The molecule has 0 aliphatic carbocycles. The second kappa shape index (κ2) is 6.40. The maximum absolute atomic E-state index is 11.2. The van der Waals surface area contributed by atoms with E-state index in [0.29, 0.717) is 12.8 Å². The van der Waals surface area contributed by atoms with E-state index in [-0.39, 0.29) is 5.97 Å². The Bertz CT molecular complexity index is 429. The van der Waals surface area contributed by atoms with Gasteiger partial charge in [-0.05, 0) is 49.4 Å². The van der Waals surface area contributed by atoms with Gasteiger partial charge >= 0.3 is 5.97 Å². The Morgan fingerprint density at radius 3 is 2.44 bits per heavy atom. The average Bonchev–Trinajstić information content (AvgIpc) is 2.38. The van der Waals surface area contributed by atoms with E-state index >= 15 is 0 Å². The number of benzene rings is 1. The number of ether oxygens (including phenoxy) is 2. The van der Waals surface area contributed by atoms with Crippen LogP contribution in [0.15, 0.2) is 12.1 Å². The zero-order valence-corrected chi connectivity index (χ0v) is 11.4. The molecule has 4 heteroatoms. The van der Waals surface area contributed by atoms with Crippen molar-refractivity contribution in [2.45, 2.75) is 32.7 Å². The number of hydrogen-bond donors (Lipinski definition) is 1. The van der Waals surface area contributed by atoms with Crippen LogP contribution in [-0.4, -0.2) is 26.2 Å². The normalized spacial score (nSPS) is 12.1. The van der Waals surface area contributed by atoms with Gasteiger partial charge < -0.3 is 15.2 Å². The molecule has 0 aliphatic rings. The number of aryl methyl sites for hydroxylation is 3. The van der Waals surface area contributed by atoms with Gasteiger partial charge in [0.1, 0.15) is 11.8 Å². The van der Waals surface area contributed by atoms with E-state index in [2.05, 4.69) is 17.7 Å². The highest BCUT2D eigenvalue weighted by Crippen LogP contribution is 2.24. The molecule has 0 aliphatic heterocycles. The summed E-state index contributed by atoms with van der Waals surface area (Å²) in [5.41, 5.74) is 9.18. The summed E-state index contributed by atoms with van der Waals surface area (Å²) < 4.78 is 9.95. The van der Waals surface area contributed by atoms with Crippen molar-refractivity contribution in [2.75, 3.05) is 14.2 Å². The molecule has 0 bridgehead atoms. The van der Waals surface area contributed by atoms with E-state index in [9.17, 15) is 4.79 Å². The van der Waals surface area contributed by atoms with Gasteiger partial charge in [-0.15, -0.1) is 0 Å². The second-order valence-electron chi connectivity index (χ2n) is 4.42. The predicted octanol–water partition coefficient (Wildman–Crippen LogP) is 1.74. The van der Waals surface area contributed by atoms with E-state index in [0.717, 1.165) is 11.3 Å². The van der Waals surface area contributed by atoms with Crippen molar-refractivity contribution in [3.05, 3.63) is 28.8 Å². The average molecular weight is 251 g/mol. The van der Waals surface area contributed by atoms with E-state index < -0.39 is 6.04 Å². The Kier molecular flexibility index (Phi) is 5.16. The molecule has 18 heavy (non-hydrogen) atoms. The molecule has 0 amide bonds. The number of methoxy groups -OCH3 is 2. The molecule has 1 aromatic rings. The lowest BCUT2D eigenvalue weighted by atomic mass is 10.00. The smallest absolute Gasteiger partial charge is 0.322 e. The van der Waals surface area contributed by atoms with Crippen LogP contribution in [0.3, 0.4) is 0 Å². The van der Waals surface area contributed by atoms with Crippen molar-refractivity contribution in [3.63, 3.8) is 0 Å². The van der Waals surface area contributed by atoms with Crippen molar-refractivity contribution >= 4 is 5.97 Å². The number of hydrogen-bond acceptors (Lipinski definition) is 4. The Morgan fingerprint density at radius 2 is 1.89 bits per heavy atom. The van der Waals surface area contributed by atoms with Crippen molar-refractivity contribution in [2.24, 2.45) is 5.73 Å². The van der Waals surface area contributed by atoms with Gasteiger partial charge in [0.2, 0.25) is 0 Å². The summed E-state index contributed by atoms with van der Waals surface area (Å²) in [6.45, 7) is 4.10. The number of carbonyl (C=O) groups excluding carboxylic acids is 1. The number of nitrogens with two attached hydrogens (primary N) is 1. The summed E-state index contributed by atoms with van der Waals surface area (Å²) in [7, 11) is 2.99. The molecule has 1 atom stereocenters. The summed E-state index contributed by atoms with van der Waals surface area (Å²) in [4.78, 5) is 11.2. The second-order valence-corrected chi connectivity index (χ2v) is 4.42. The Labute approximate surface area is 108 Å². The Hall–Kier alpha value is -1.55. The predicted molar refractivity (Wildman–Crippen MR) is 70.8 cm³/mol. The molecule has 1 rings (SSSR count). The van der Waals surface area contributed by atoms with Crippen LogP contribution >= 0.6 is 0 Å². The molecule has 2 N–H and O–H groups in total. The first kappa shape index (κ1) is 14.5. The largest absolute Gasteiger partial charge is 0.496 e. The lowest BCUT2D eigenvalue weighted by molar-refractivity contribution is -0.142. The number of carbonyl (C=O) groups is 1. The molecule has 0 heterocycles. The highest BCUT2D eigenvalue weighted by Gasteiger charge is 2.15. The quantitative estimate of drug-likeness (QED) is 0.810. The fraction of sp³-hybridized carbons (Fsp3) is 0.500. The molecule has 4 nitrogen and oxygen atoms in total. The van der Waals surface area contributed by atoms with E-state index in [1.165, 1.54) is 18.2 Å². The molecule has 0 fully saturated rings. The summed E-state index contributed by atoms with van der Waals surface area (Å²) in [6.07, 6.45) is 1.24. The zero-order valence-electron chi connectivity index (χ0n) is 11.4. The van der Waals surface area contributed by atoms with Gasteiger partial charge in [0.05, 0.1) is 14.2 Å². The number of rotatable bonds is 5. The molecule has 0 aromatic heterocycles. The van der Waals surface area contributed by atoms with Gasteiger partial charge in [0, 0.05) is 0 Å². The molecule has 1 unspecified atom stereocenters. The first-order valence-electron chi connectivity index (χ1n) is 5.97. The van der Waals surface area contributed by atoms with E-state index in [4.69, 9.17) is 10.5 Å². The van der Waals surface area contributed by atoms with Crippen LogP contribution < -0.4 is 10.5 Å². The molecule has 0 spiro atoms.